The van der Waals surface area contributed by atoms with Crippen molar-refractivity contribution in [3.05, 3.63) is 52.5 Å². The van der Waals surface area contributed by atoms with Gasteiger partial charge in [0.15, 0.2) is 11.0 Å². The van der Waals surface area contributed by atoms with Crippen LogP contribution >= 0.6 is 11.3 Å². The standard InChI is InChI=1S/C30H39N7O4S/c31-30(32)35-14-5-8-21(17-35)16-23(27(40)29-33-13-15-42-29)34-28(41)24-10-4-9-22-18-36(19-26(39)37(22)24)25(38)12-11-20-6-2-1-3-7-20/h1-3,6-7,13,15,21-24H,4-5,8-12,14,16-19H2,(H3,31,32)(H,34,41)/t21?,22-,23?,24-/m0/s1. The number of fused-ring (bicyclic) bond motifs is 1. The first kappa shape index (κ1) is 29.7. The zero-order valence-electron chi connectivity index (χ0n) is 23.7. The number of benzene rings is 1. The number of ketones is 1. The fourth-order valence-electron chi connectivity index (χ4n) is 6.50. The highest BCUT2D eigenvalue weighted by atomic mass is 32.1. The first-order valence-electron chi connectivity index (χ1n) is 14.8. The molecule has 4 N–H and O–H groups in total. The largest absolute Gasteiger partial charge is 0.370 e. The molecular weight excluding hydrogens is 554 g/mol. The zero-order chi connectivity index (χ0) is 29.6. The molecule has 0 saturated carbocycles. The minimum absolute atomic E-state index is 0.0102. The number of amides is 3. The summed E-state index contributed by atoms with van der Waals surface area (Å²) in [6.45, 7) is 1.62. The van der Waals surface area contributed by atoms with E-state index < -0.39 is 12.1 Å². The molecule has 3 aliphatic rings. The van der Waals surface area contributed by atoms with E-state index in [-0.39, 0.29) is 48.0 Å². The van der Waals surface area contributed by atoms with Crippen LogP contribution in [0.25, 0.3) is 0 Å². The van der Waals surface area contributed by atoms with E-state index in [0.717, 1.165) is 31.2 Å². The summed E-state index contributed by atoms with van der Waals surface area (Å²) in [7, 11) is 0. The Morgan fingerprint density at radius 1 is 1.10 bits per heavy atom. The van der Waals surface area contributed by atoms with E-state index in [1.54, 1.807) is 26.3 Å². The van der Waals surface area contributed by atoms with Gasteiger partial charge < -0.3 is 25.8 Å². The third kappa shape index (κ3) is 6.97. The smallest absolute Gasteiger partial charge is 0.243 e. The number of guanidine groups is 1. The number of likely N-dealkylation sites (tertiary alicyclic amines) is 1. The number of hydrogen-bond donors (Lipinski definition) is 3. The van der Waals surface area contributed by atoms with Crippen LogP contribution in [0.2, 0.25) is 0 Å². The molecule has 0 radical (unpaired) electrons. The Kier molecular flexibility index (Phi) is 9.51. The second-order valence-corrected chi connectivity index (χ2v) is 12.4. The summed E-state index contributed by atoms with van der Waals surface area (Å²) in [6.07, 6.45) is 6.62. The van der Waals surface area contributed by atoms with E-state index in [2.05, 4.69) is 10.3 Å². The van der Waals surface area contributed by atoms with Crippen LogP contribution in [0.3, 0.4) is 0 Å². The van der Waals surface area contributed by atoms with Gasteiger partial charge in [0.05, 0.1) is 18.6 Å². The monoisotopic (exact) mass is 593 g/mol. The number of aryl methyl sites for hydroxylation is 1. The predicted molar refractivity (Wildman–Crippen MR) is 159 cm³/mol. The Balaban J connectivity index is 1.24. The number of carbonyl (C=O) groups excluding carboxylic acids is 4. The Labute approximate surface area is 249 Å². The van der Waals surface area contributed by atoms with Gasteiger partial charge in [-0.1, -0.05) is 30.3 Å². The van der Waals surface area contributed by atoms with Crippen molar-refractivity contribution in [1.82, 2.24) is 25.0 Å². The highest BCUT2D eigenvalue weighted by Gasteiger charge is 2.44. The van der Waals surface area contributed by atoms with Gasteiger partial charge >= 0.3 is 0 Å². The Morgan fingerprint density at radius 2 is 1.90 bits per heavy atom. The fraction of sp³-hybridized carbons (Fsp3) is 0.533. The molecule has 0 spiro atoms. The number of aromatic nitrogens is 1. The van der Waals surface area contributed by atoms with E-state index in [0.29, 0.717) is 50.3 Å². The van der Waals surface area contributed by atoms with Gasteiger partial charge in [-0.15, -0.1) is 11.3 Å². The van der Waals surface area contributed by atoms with E-state index in [1.165, 1.54) is 11.3 Å². The fourth-order valence-corrected chi connectivity index (χ4v) is 7.14. The van der Waals surface area contributed by atoms with Gasteiger partial charge in [-0.05, 0) is 56.4 Å². The lowest BCUT2D eigenvalue weighted by molar-refractivity contribution is -0.157. The minimum atomic E-state index is -0.795. The maximum absolute atomic E-state index is 13.8. The van der Waals surface area contributed by atoms with Crippen molar-refractivity contribution in [3.8, 4) is 0 Å². The summed E-state index contributed by atoms with van der Waals surface area (Å²) in [5.41, 5.74) is 6.80. The van der Waals surface area contributed by atoms with Crippen molar-refractivity contribution in [3.63, 3.8) is 0 Å². The van der Waals surface area contributed by atoms with Gasteiger partial charge in [0, 0.05) is 37.6 Å². The number of piperazine rings is 1. The highest BCUT2D eigenvalue weighted by molar-refractivity contribution is 7.11. The van der Waals surface area contributed by atoms with Crippen LogP contribution in [0.15, 0.2) is 41.9 Å². The van der Waals surface area contributed by atoms with Gasteiger partial charge in [-0.3, -0.25) is 24.6 Å². The molecule has 12 heteroatoms. The molecule has 1 aromatic heterocycles. The number of nitrogens with one attached hydrogen (secondary N) is 2. The lowest BCUT2D eigenvalue weighted by atomic mass is 9.89. The molecular formula is C30H39N7O4S. The molecule has 224 valence electrons. The maximum atomic E-state index is 13.8. The summed E-state index contributed by atoms with van der Waals surface area (Å²) in [5.74, 6) is -0.790. The van der Waals surface area contributed by atoms with Crippen molar-refractivity contribution in [2.75, 3.05) is 26.2 Å². The molecule has 4 atom stereocenters. The number of nitrogens with two attached hydrogens (primary N) is 1. The molecule has 3 saturated heterocycles. The molecule has 5 rings (SSSR count). The zero-order valence-corrected chi connectivity index (χ0v) is 24.6. The highest BCUT2D eigenvalue weighted by Crippen LogP contribution is 2.29. The average Bonchev–Trinajstić information content (AvgIpc) is 3.54. The molecule has 0 aliphatic carbocycles. The third-order valence-corrected chi connectivity index (χ3v) is 9.41. The SMILES string of the molecule is N=C(N)N1CCCC(CC(NC(=O)[C@@H]2CCC[C@H]3CN(C(=O)CCc4ccccc4)CC(=O)N32)C(=O)c2nccs2)C1. The summed E-state index contributed by atoms with van der Waals surface area (Å²) >= 11 is 1.23. The molecule has 3 aliphatic heterocycles. The molecule has 3 amide bonds. The molecule has 0 bridgehead atoms. The Hall–Kier alpha value is -3.80. The molecule has 3 fully saturated rings. The summed E-state index contributed by atoms with van der Waals surface area (Å²) in [6, 6.07) is 8.09. The Morgan fingerprint density at radius 3 is 2.64 bits per heavy atom. The number of thiazole rings is 1. The number of piperidine rings is 2. The second kappa shape index (κ2) is 13.5. The lowest BCUT2D eigenvalue weighted by Gasteiger charge is -2.47. The molecule has 11 nitrogen and oxygen atoms in total. The van der Waals surface area contributed by atoms with Gasteiger partial charge in [0.2, 0.25) is 23.5 Å². The van der Waals surface area contributed by atoms with Crippen molar-refractivity contribution >= 4 is 40.8 Å². The van der Waals surface area contributed by atoms with Crippen LogP contribution in [0.5, 0.6) is 0 Å². The summed E-state index contributed by atoms with van der Waals surface area (Å²) in [5, 5.41) is 12.9. The summed E-state index contributed by atoms with van der Waals surface area (Å²) in [4.78, 5) is 62.9. The van der Waals surface area contributed by atoms with E-state index in [1.807, 2.05) is 30.3 Å². The number of hydrogen-bond acceptors (Lipinski definition) is 7. The van der Waals surface area contributed by atoms with Crippen molar-refractivity contribution < 1.29 is 19.2 Å². The molecule has 1 aromatic carbocycles. The number of rotatable bonds is 9. The van der Waals surface area contributed by atoms with Gasteiger partial charge in [0.25, 0.3) is 0 Å². The Bertz CT molecular complexity index is 1290. The number of carbonyl (C=O) groups is 4. The van der Waals surface area contributed by atoms with Crippen molar-refractivity contribution in [2.24, 2.45) is 11.7 Å². The van der Waals surface area contributed by atoms with Crippen LogP contribution < -0.4 is 11.1 Å². The van der Waals surface area contributed by atoms with E-state index >= 15 is 0 Å². The number of Topliss-reactive ketones (excluding diaryl/α,β-unsaturated/α-hetero) is 1. The molecule has 4 heterocycles. The summed E-state index contributed by atoms with van der Waals surface area (Å²) < 4.78 is 0. The number of nitrogens with zero attached hydrogens (tertiary/aromatic N) is 4. The normalized spacial score (nSPS) is 23.2. The average molecular weight is 594 g/mol. The molecule has 2 aromatic rings. The topological polar surface area (TPSA) is 153 Å². The first-order valence-corrected chi connectivity index (χ1v) is 15.6. The van der Waals surface area contributed by atoms with E-state index in [4.69, 9.17) is 11.1 Å². The maximum Gasteiger partial charge on any atom is 0.243 e. The lowest BCUT2D eigenvalue weighted by Crippen LogP contribution is -2.65. The van der Waals surface area contributed by atoms with Crippen LogP contribution in [0.1, 0.15) is 60.3 Å². The van der Waals surface area contributed by atoms with Crippen LogP contribution in [0, 0.1) is 11.3 Å². The van der Waals surface area contributed by atoms with Crippen molar-refractivity contribution in [2.45, 2.75) is 69.5 Å². The quantitative estimate of drug-likeness (QED) is 0.229. The van der Waals surface area contributed by atoms with E-state index in [9.17, 15) is 19.2 Å². The van der Waals surface area contributed by atoms with Gasteiger partial charge in [-0.25, -0.2) is 4.98 Å². The predicted octanol–water partition coefficient (Wildman–Crippen LogP) is 2.03. The van der Waals surface area contributed by atoms with Gasteiger partial charge in [0.1, 0.15) is 6.04 Å². The molecule has 42 heavy (non-hydrogen) atoms. The van der Waals surface area contributed by atoms with Crippen molar-refractivity contribution in [1.29, 1.82) is 5.41 Å². The third-order valence-electron chi connectivity index (χ3n) is 8.62. The van der Waals surface area contributed by atoms with Crippen LogP contribution in [-0.4, -0.2) is 93.5 Å². The second-order valence-electron chi connectivity index (χ2n) is 11.5. The minimum Gasteiger partial charge on any atom is -0.370 e. The van der Waals surface area contributed by atoms with Crippen LogP contribution in [-0.2, 0) is 20.8 Å². The van der Waals surface area contributed by atoms with Gasteiger partial charge in [-0.2, -0.15) is 0 Å². The van der Waals surface area contributed by atoms with Crippen LogP contribution in [0.4, 0.5) is 0 Å². The first-order chi connectivity index (χ1) is 20.3. The molecule has 2 unspecified atom stereocenters.